The third kappa shape index (κ3) is 4.60. The van der Waals surface area contributed by atoms with Crippen LogP contribution in [0.1, 0.15) is 55.6 Å². The molecule has 2 aromatic rings. The normalized spacial score (nSPS) is 12.2. The van der Waals surface area contributed by atoms with E-state index in [9.17, 15) is 9.18 Å². The van der Waals surface area contributed by atoms with Gasteiger partial charge >= 0.3 is 0 Å². The number of hydrogen-bond donors (Lipinski definition) is 1. The minimum Gasteiger partial charge on any atom is -0.360 e. The Morgan fingerprint density at radius 1 is 1.40 bits per heavy atom. The molecule has 1 unspecified atom stereocenters. The summed E-state index contributed by atoms with van der Waals surface area (Å²) in [5, 5.41) is 6.99. The zero-order valence-corrected chi connectivity index (χ0v) is 15.6. The highest BCUT2D eigenvalue weighted by molar-refractivity contribution is 6.33. The van der Waals surface area contributed by atoms with Gasteiger partial charge in [-0.1, -0.05) is 55.9 Å². The van der Waals surface area contributed by atoms with Crippen LogP contribution in [0.3, 0.4) is 0 Å². The van der Waals surface area contributed by atoms with Crippen molar-refractivity contribution in [2.75, 3.05) is 6.54 Å². The molecule has 0 aliphatic rings. The van der Waals surface area contributed by atoms with Crippen molar-refractivity contribution in [2.24, 2.45) is 5.92 Å². The lowest BCUT2D eigenvalue weighted by Gasteiger charge is -2.15. The number of rotatable bonds is 8. The van der Waals surface area contributed by atoms with E-state index in [0.29, 0.717) is 18.2 Å². The molecule has 0 saturated carbocycles. The fourth-order valence-corrected chi connectivity index (χ4v) is 3.06. The SMILES string of the molecule is CCCCC(CC)CNC(=O)c1c(-c2c(F)cccc2Cl)noc1C. The summed E-state index contributed by atoms with van der Waals surface area (Å²) in [4.78, 5) is 12.7. The van der Waals surface area contributed by atoms with E-state index in [1.54, 1.807) is 13.0 Å². The molecule has 1 amide bonds. The lowest BCUT2D eigenvalue weighted by Crippen LogP contribution is -2.29. The van der Waals surface area contributed by atoms with Crippen molar-refractivity contribution in [3.63, 3.8) is 0 Å². The van der Waals surface area contributed by atoms with Crippen LogP contribution in [-0.2, 0) is 0 Å². The molecule has 1 aromatic heterocycles. The minimum atomic E-state index is -0.538. The van der Waals surface area contributed by atoms with Gasteiger partial charge in [-0.25, -0.2) is 4.39 Å². The molecular weight excluding hydrogens is 343 g/mol. The topological polar surface area (TPSA) is 55.1 Å². The predicted octanol–water partition coefficient (Wildman–Crippen LogP) is 5.39. The maximum atomic E-state index is 14.2. The summed E-state index contributed by atoms with van der Waals surface area (Å²) >= 11 is 6.10. The summed E-state index contributed by atoms with van der Waals surface area (Å²) in [6.07, 6.45) is 4.33. The molecule has 0 aliphatic carbocycles. The molecular formula is C19H24ClFN2O2. The number of halogens is 2. The lowest BCUT2D eigenvalue weighted by atomic mass is 9.99. The summed E-state index contributed by atoms with van der Waals surface area (Å²) in [6.45, 7) is 6.47. The predicted molar refractivity (Wildman–Crippen MR) is 97.3 cm³/mol. The van der Waals surface area contributed by atoms with E-state index in [4.69, 9.17) is 16.1 Å². The molecule has 0 radical (unpaired) electrons. The highest BCUT2D eigenvalue weighted by Gasteiger charge is 2.25. The van der Waals surface area contributed by atoms with Gasteiger partial charge in [-0.05, 0) is 31.4 Å². The first-order chi connectivity index (χ1) is 12.0. The van der Waals surface area contributed by atoms with E-state index in [1.165, 1.54) is 12.1 Å². The number of carbonyl (C=O) groups excluding carboxylic acids is 1. The highest BCUT2D eigenvalue weighted by atomic mass is 35.5. The smallest absolute Gasteiger partial charge is 0.257 e. The van der Waals surface area contributed by atoms with Crippen LogP contribution < -0.4 is 5.32 Å². The van der Waals surface area contributed by atoms with Gasteiger partial charge in [0.2, 0.25) is 0 Å². The number of hydrogen-bond acceptors (Lipinski definition) is 3. The number of aromatic nitrogens is 1. The van der Waals surface area contributed by atoms with Gasteiger partial charge in [0.15, 0.2) is 0 Å². The number of nitrogens with one attached hydrogen (secondary N) is 1. The van der Waals surface area contributed by atoms with Gasteiger partial charge in [-0.15, -0.1) is 0 Å². The summed E-state index contributed by atoms with van der Waals surface area (Å²) in [7, 11) is 0. The molecule has 0 spiro atoms. The standard InChI is InChI=1S/C19H24ClFN2O2/c1-4-6-8-13(5-2)11-22-19(24)16-12(3)25-23-18(16)17-14(20)9-7-10-15(17)21/h7,9-10,13H,4-6,8,11H2,1-3H3,(H,22,24). The van der Waals surface area contributed by atoms with E-state index in [1.807, 2.05) is 0 Å². The molecule has 25 heavy (non-hydrogen) atoms. The molecule has 0 fully saturated rings. The fourth-order valence-electron chi connectivity index (χ4n) is 2.80. The van der Waals surface area contributed by atoms with Crippen LogP contribution in [-0.4, -0.2) is 17.6 Å². The average molecular weight is 367 g/mol. The number of benzene rings is 1. The first-order valence-corrected chi connectivity index (χ1v) is 9.06. The van der Waals surface area contributed by atoms with Crippen LogP contribution in [0, 0.1) is 18.7 Å². The van der Waals surface area contributed by atoms with Crippen LogP contribution in [0.15, 0.2) is 22.7 Å². The Labute approximate surface area is 152 Å². The fraction of sp³-hybridized carbons (Fsp3) is 0.474. The Morgan fingerprint density at radius 3 is 2.80 bits per heavy atom. The minimum absolute atomic E-state index is 0.0872. The number of carbonyl (C=O) groups is 1. The van der Waals surface area contributed by atoms with E-state index in [0.717, 1.165) is 25.7 Å². The van der Waals surface area contributed by atoms with Crippen molar-refractivity contribution in [2.45, 2.75) is 46.5 Å². The second-order valence-electron chi connectivity index (χ2n) is 6.19. The number of aryl methyl sites for hydroxylation is 1. The zero-order chi connectivity index (χ0) is 18.4. The van der Waals surface area contributed by atoms with Gasteiger partial charge in [0, 0.05) is 6.54 Å². The van der Waals surface area contributed by atoms with Crippen LogP contribution in [0.5, 0.6) is 0 Å². The molecule has 0 aliphatic heterocycles. The van der Waals surface area contributed by atoms with E-state index >= 15 is 0 Å². The Hall–Kier alpha value is -1.88. The molecule has 1 N–H and O–H groups in total. The number of nitrogens with zero attached hydrogens (tertiary/aromatic N) is 1. The van der Waals surface area contributed by atoms with Crippen molar-refractivity contribution in [3.8, 4) is 11.3 Å². The lowest BCUT2D eigenvalue weighted by molar-refractivity contribution is 0.0945. The Balaban J connectivity index is 2.22. The average Bonchev–Trinajstić information content (AvgIpc) is 2.96. The Kier molecular flexibility index (Phi) is 7.00. The first-order valence-electron chi connectivity index (χ1n) is 8.68. The molecule has 6 heteroatoms. The third-order valence-corrected chi connectivity index (χ3v) is 4.70. The van der Waals surface area contributed by atoms with Crippen LogP contribution in [0.25, 0.3) is 11.3 Å². The molecule has 0 saturated heterocycles. The Bertz CT molecular complexity index is 710. The summed E-state index contributed by atoms with van der Waals surface area (Å²) in [6, 6.07) is 4.35. The van der Waals surface area contributed by atoms with E-state index < -0.39 is 5.82 Å². The van der Waals surface area contributed by atoms with Crippen molar-refractivity contribution < 1.29 is 13.7 Å². The molecule has 1 heterocycles. The first kappa shape index (κ1) is 19.4. The van der Waals surface area contributed by atoms with Gasteiger partial charge in [0.25, 0.3) is 5.91 Å². The molecule has 2 rings (SSSR count). The largest absolute Gasteiger partial charge is 0.360 e. The van der Waals surface area contributed by atoms with Gasteiger partial charge in [-0.2, -0.15) is 0 Å². The Morgan fingerprint density at radius 2 is 2.16 bits per heavy atom. The molecule has 4 nitrogen and oxygen atoms in total. The van der Waals surface area contributed by atoms with Gasteiger partial charge < -0.3 is 9.84 Å². The number of unbranched alkanes of at least 4 members (excludes halogenated alkanes) is 1. The number of amides is 1. The zero-order valence-electron chi connectivity index (χ0n) is 14.9. The van der Waals surface area contributed by atoms with Crippen molar-refractivity contribution >= 4 is 17.5 Å². The van der Waals surface area contributed by atoms with Gasteiger partial charge in [-0.3, -0.25) is 4.79 Å². The van der Waals surface area contributed by atoms with E-state index in [-0.39, 0.29) is 27.8 Å². The molecule has 1 aromatic carbocycles. The van der Waals surface area contributed by atoms with Crippen molar-refractivity contribution in [3.05, 3.63) is 40.4 Å². The maximum Gasteiger partial charge on any atom is 0.257 e. The van der Waals surface area contributed by atoms with Crippen molar-refractivity contribution in [1.82, 2.24) is 10.5 Å². The molecule has 0 bridgehead atoms. The van der Waals surface area contributed by atoms with Gasteiger partial charge in [0.1, 0.15) is 22.8 Å². The summed E-state index contributed by atoms with van der Waals surface area (Å²) in [5.41, 5.74) is 0.459. The molecule has 136 valence electrons. The second-order valence-corrected chi connectivity index (χ2v) is 6.59. The highest BCUT2D eigenvalue weighted by Crippen LogP contribution is 2.33. The quantitative estimate of drug-likeness (QED) is 0.681. The van der Waals surface area contributed by atoms with E-state index in [2.05, 4.69) is 24.3 Å². The molecule has 1 atom stereocenters. The second kappa shape index (κ2) is 8.99. The maximum absolute atomic E-state index is 14.2. The van der Waals surface area contributed by atoms with Crippen LogP contribution in [0.2, 0.25) is 5.02 Å². The summed E-state index contributed by atoms with van der Waals surface area (Å²) < 4.78 is 19.3. The van der Waals surface area contributed by atoms with Crippen molar-refractivity contribution in [1.29, 1.82) is 0 Å². The summed E-state index contributed by atoms with van der Waals surface area (Å²) in [5.74, 6) is -0.0924. The van der Waals surface area contributed by atoms with Crippen LogP contribution in [0.4, 0.5) is 4.39 Å². The van der Waals surface area contributed by atoms with Crippen LogP contribution >= 0.6 is 11.6 Å². The van der Waals surface area contributed by atoms with Gasteiger partial charge in [0.05, 0.1) is 10.6 Å². The third-order valence-electron chi connectivity index (χ3n) is 4.38. The monoisotopic (exact) mass is 366 g/mol.